The van der Waals surface area contributed by atoms with Crippen LogP contribution in [0.25, 0.3) is 0 Å². The Morgan fingerprint density at radius 3 is 2.17 bits per heavy atom. The van der Waals surface area contributed by atoms with E-state index in [1.807, 2.05) is 0 Å². The van der Waals surface area contributed by atoms with Crippen molar-refractivity contribution in [2.75, 3.05) is 26.7 Å². The van der Waals surface area contributed by atoms with Crippen LogP contribution in [-0.2, 0) is 9.53 Å². The molecule has 0 saturated carbocycles. The molecule has 0 aromatic heterocycles. The van der Waals surface area contributed by atoms with Gasteiger partial charge in [-0.3, -0.25) is 0 Å². The van der Waals surface area contributed by atoms with Crippen LogP contribution in [0.4, 0.5) is 9.59 Å². The van der Waals surface area contributed by atoms with Crippen molar-refractivity contribution in [2.24, 2.45) is 0 Å². The van der Waals surface area contributed by atoms with E-state index in [1.165, 1.54) is 13.2 Å². The van der Waals surface area contributed by atoms with Crippen LogP contribution in [0.15, 0.2) is 25.3 Å². The van der Waals surface area contributed by atoms with Crippen LogP contribution in [0.2, 0.25) is 0 Å². The van der Waals surface area contributed by atoms with E-state index in [9.17, 15) is 14.4 Å². The summed E-state index contributed by atoms with van der Waals surface area (Å²) in [6.07, 6.45) is 4.86. The molecule has 8 heteroatoms. The Morgan fingerprint density at radius 1 is 1.00 bits per heavy atom. The summed E-state index contributed by atoms with van der Waals surface area (Å²) in [5, 5.41) is 10.3. The molecule has 0 aromatic carbocycles. The third-order valence-corrected chi connectivity index (χ3v) is 2.81. The first-order valence-corrected chi connectivity index (χ1v) is 7.40. The molecule has 0 radical (unpaired) electrons. The van der Waals surface area contributed by atoms with Crippen LogP contribution in [0.3, 0.4) is 0 Å². The first-order chi connectivity index (χ1) is 11.0. The Hall–Kier alpha value is -2.51. The fourth-order valence-electron chi connectivity index (χ4n) is 1.67. The van der Waals surface area contributed by atoms with Gasteiger partial charge in [0, 0.05) is 19.6 Å². The highest BCUT2D eigenvalue weighted by Gasteiger charge is 2.20. The Kier molecular flexibility index (Phi) is 11.7. The Labute approximate surface area is 136 Å². The standard InChI is InChI=1S/C15H26N4O4/c1-4-9-16-14(21)18-11-7-6-8-12(13(20)23-3)19-15(22)17-10-5-2/h4-5,12H,1-2,6-11H2,3H3,(H2,16,18,21)(H2,17,19,22)/t12-/m0/s1. The molecule has 0 aliphatic heterocycles. The summed E-state index contributed by atoms with van der Waals surface area (Å²) in [6, 6.07) is -1.45. The number of nitrogens with one attached hydrogen (secondary N) is 4. The van der Waals surface area contributed by atoms with Gasteiger partial charge in [0.2, 0.25) is 0 Å². The molecular formula is C15H26N4O4. The number of esters is 1. The normalized spacial score (nSPS) is 10.8. The van der Waals surface area contributed by atoms with Crippen molar-refractivity contribution in [3.05, 3.63) is 25.3 Å². The molecule has 0 bridgehead atoms. The smallest absolute Gasteiger partial charge is 0.328 e. The van der Waals surface area contributed by atoms with Gasteiger partial charge in [0.05, 0.1) is 7.11 Å². The molecule has 0 unspecified atom stereocenters. The number of rotatable bonds is 11. The summed E-state index contributed by atoms with van der Waals surface area (Å²) >= 11 is 0. The van der Waals surface area contributed by atoms with Crippen molar-refractivity contribution in [2.45, 2.75) is 25.3 Å². The Bertz CT molecular complexity index is 412. The van der Waals surface area contributed by atoms with E-state index in [0.717, 1.165) is 0 Å². The number of urea groups is 2. The second-order valence-corrected chi connectivity index (χ2v) is 4.64. The minimum atomic E-state index is -0.723. The molecule has 0 spiro atoms. The number of ether oxygens (including phenoxy) is 1. The Balaban J connectivity index is 4.03. The third-order valence-electron chi connectivity index (χ3n) is 2.81. The molecule has 8 nitrogen and oxygen atoms in total. The van der Waals surface area contributed by atoms with Crippen LogP contribution < -0.4 is 21.3 Å². The van der Waals surface area contributed by atoms with Crippen molar-refractivity contribution in [3.8, 4) is 0 Å². The molecule has 4 N–H and O–H groups in total. The number of unbranched alkanes of at least 4 members (excludes halogenated alkanes) is 1. The van der Waals surface area contributed by atoms with Gasteiger partial charge in [-0.15, -0.1) is 13.2 Å². The molecule has 1 atom stereocenters. The van der Waals surface area contributed by atoms with E-state index >= 15 is 0 Å². The van der Waals surface area contributed by atoms with Crippen LogP contribution in [0.1, 0.15) is 19.3 Å². The van der Waals surface area contributed by atoms with Gasteiger partial charge in [0.25, 0.3) is 0 Å². The Morgan fingerprint density at radius 2 is 1.61 bits per heavy atom. The monoisotopic (exact) mass is 326 g/mol. The molecule has 0 rings (SSSR count). The highest BCUT2D eigenvalue weighted by molar-refractivity contribution is 5.83. The minimum absolute atomic E-state index is 0.267. The van der Waals surface area contributed by atoms with Crippen molar-refractivity contribution in [3.63, 3.8) is 0 Å². The zero-order chi connectivity index (χ0) is 17.5. The van der Waals surface area contributed by atoms with Gasteiger partial charge >= 0.3 is 18.0 Å². The summed E-state index contributed by atoms with van der Waals surface area (Å²) in [5.41, 5.74) is 0. The van der Waals surface area contributed by atoms with E-state index in [0.29, 0.717) is 38.9 Å². The van der Waals surface area contributed by atoms with Crippen LogP contribution in [-0.4, -0.2) is 50.8 Å². The topological polar surface area (TPSA) is 109 Å². The number of hydrogen-bond donors (Lipinski definition) is 4. The van der Waals surface area contributed by atoms with Gasteiger partial charge in [0.15, 0.2) is 0 Å². The molecule has 4 amide bonds. The lowest BCUT2D eigenvalue weighted by atomic mass is 10.1. The number of carbonyl (C=O) groups excluding carboxylic acids is 3. The van der Waals surface area contributed by atoms with Crippen molar-refractivity contribution >= 4 is 18.0 Å². The highest BCUT2D eigenvalue weighted by atomic mass is 16.5. The van der Waals surface area contributed by atoms with Gasteiger partial charge in [-0.25, -0.2) is 14.4 Å². The maximum atomic E-state index is 11.6. The van der Waals surface area contributed by atoms with E-state index in [-0.39, 0.29) is 6.03 Å². The van der Waals surface area contributed by atoms with Gasteiger partial charge in [0.1, 0.15) is 6.04 Å². The minimum Gasteiger partial charge on any atom is -0.467 e. The van der Waals surface area contributed by atoms with Crippen LogP contribution >= 0.6 is 0 Å². The molecular weight excluding hydrogens is 300 g/mol. The largest absolute Gasteiger partial charge is 0.467 e. The number of amides is 4. The van der Waals surface area contributed by atoms with Gasteiger partial charge < -0.3 is 26.0 Å². The number of carbonyl (C=O) groups is 3. The van der Waals surface area contributed by atoms with Crippen molar-refractivity contribution in [1.29, 1.82) is 0 Å². The summed E-state index contributed by atoms with van der Waals surface area (Å²) in [4.78, 5) is 34.5. The lowest BCUT2D eigenvalue weighted by Crippen LogP contribution is -2.46. The number of methoxy groups -OCH3 is 1. The molecule has 23 heavy (non-hydrogen) atoms. The second kappa shape index (κ2) is 13.2. The number of hydrogen-bond acceptors (Lipinski definition) is 4. The van der Waals surface area contributed by atoms with E-state index in [1.54, 1.807) is 6.08 Å². The van der Waals surface area contributed by atoms with Crippen molar-refractivity contribution < 1.29 is 19.1 Å². The molecule has 0 aliphatic rings. The first kappa shape index (κ1) is 20.5. The van der Waals surface area contributed by atoms with E-state index in [2.05, 4.69) is 39.2 Å². The molecule has 0 saturated heterocycles. The van der Waals surface area contributed by atoms with Crippen LogP contribution in [0.5, 0.6) is 0 Å². The molecule has 0 heterocycles. The average molecular weight is 326 g/mol. The highest BCUT2D eigenvalue weighted by Crippen LogP contribution is 2.02. The molecule has 0 aliphatic carbocycles. The zero-order valence-electron chi connectivity index (χ0n) is 13.5. The molecule has 0 fully saturated rings. The molecule has 130 valence electrons. The summed E-state index contributed by atoms with van der Waals surface area (Å²) in [6.45, 7) is 8.17. The lowest BCUT2D eigenvalue weighted by molar-refractivity contribution is -0.143. The summed E-state index contributed by atoms with van der Waals surface area (Å²) in [7, 11) is 1.27. The molecule has 0 aromatic rings. The average Bonchev–Trinajstić information content (AvgIpc) is 2.55. The summed E-state index contributed by atoms with van der Waals surface area (Å²) in [5.74, 6) is -0.504. The first-order valence-electron chi connectivity index (χ1n) is 7.40. The van der Waals surface area contributed by atoms with Gasteiger partial charge in [-0.1, -0.05) is 12.2 Å². The fourth-order valence-corrected chi connectivity index (χ4v) is 1.67. The maximum absolute atomic E-state index is 11.6. The second-order valence-electron chi connectivity index (χ2n) is 4.64. The van der Waals surface area contributed by atoms with Gasteiger partial charge in [-0.05, 0) is 19.3 Å². The SMILES string of the molecule is C=CCNC(=O)NCCCC[C@H](NC(=O)NCC=C)C(=O)OC. The van der Waals surface area contributed by atoms with Gasteiger partial charge in [-0.2, -0.15) is 0 Å². The van der Waals surface area contributed by atoms with E-state index in [4.69, 9.17) is 0 Å². The third kappa shape index (κ3) is 10.8. The van der Waals surface area contributed by atoms with E-state index < -0.39 is 18.0 Å². The zero-order valence-corrected chi connectivity index (χ0v) is 13.5. The lowest BCUT2D eigenvalue weighted by Gasteiger charge is -2.16. The van der Waals surface area contributed by atoms with Crippen LogP contribution in [0, 0.1) is 0 Å². The fraction of sp³-hybridized carbons (Fsp3) is 0.533. The quantitative estimate of drug-likeness (QED) is 0.254. The predicted molar refractivity (Wildman–Crippen MR) is 88.0 cm³/mol. The predicted octanol–water partition coefficient (Wildman–Crippen LogP) is 0.669. The van der Waals surface area contributed by atoms with Crippen molar-refractivity contribution in [1.82, 2.24) is 21.3 Å². The maximum Gasteiger partial charge on any atom is 0.328 e. The summed E-state index contributed by atoms with van der Waals surface area (Å²) < 4.78 is 4.67.